The highest BCUT2D eigenvalue weighted by Crippen LogP contribution is 2.27. The standard InChI is InChI=1S/C25H33N3O4/c1-4-5-6-7-8-9-19(29)12-10-18-11-13-21-20(16-18)23(31)28(17(2)26-21)25(3)15-14-22(30)27-24(25)32/h11,13,16H,4-10,12,14-15H2,1-3H3,(H,27,30,32)/t25-/m1/s1. The summed E-state index contributed by atoms with van der Waals surface area (Å²) in [5.41, 5.74) is -0.00572. The van der Waals surface area contributed by atoms with Crippen molar-refractivity contribution in [2.24, 2.45) is 0 Å². The van der Waals surface area contributed by atoms with E-state index in [0.29, 0.717) is 36.0 Å². The molecule has 0 aliphatic carbocycles. The third-order valence-electron chi connectivity index (χ3n) is 6.43. The topological polar surface area (TPSA) is 98.1 Å². The van der Waals surface area contributed by atoms with Crippen LogP contribution in [0.15, 0.2) is 23.0 Å². The molecule has 2 heterocycles. The first-order chi connectivity index (χ1) is 15.3. The van der Waals surface area contributed by atoms with Crippen LogP contribution >= 0.6 is 0 Å². The quantitative estimate of drug-likeness (QED) is 0.449. The van der Waals surface area contributed by atoms with Crippen molar-refractivity contribution in [2.45, 2.75) is 90.5 Å². The Hall–Kier alpha value is -2.83. The monoisotopic (exact) mass is 439 g/mol. The number of carbonyl (C=O) groups is 3. The molecule has 1 aliphatic rings. The lowest BCUT2D eigenvalue weighted by Crippen LogP contribution is -2.56. The molecule has 0 saturated carbocycles. The number of Topliss-reactive ketones (excluding diaryl/α,β-unsaturated/α-hetero) is 1. The molecule has 1 aromatic heterocycles. The zero-order chi connectivity index (χ0) is 23.3. The molecule has 32 heavy (non-hydrogen) atoms. The van der Waals surface area contributed by atoms with Gasteiger partial charge in [0.25, 0.3) is 11.5 Å². The maximum atomic E-state index is 13.4. The van der Waals surface area contributed by atoms with Gasteiger partial charge in [-0.15, -0.1) is 0 Å². The van der Waals surface area contributed by atoms with Crippen molar-refractivity contribution in [1.29, 1.82) is 0 Å². The van der Waals surface area contributed by atoms with Crippen LogP contribution in [0, 0.1) is 6.92 Å². The Balaban J connectivity index is 1.78. The molecule has 3 rings (SSSR count). The van der Waals surface area contributed by atoms with Crippen LogP contribution in [0.4, 0.5) is 0 Å². The van der Waals surface area contributed by atoms with E-state index in [9.17, 15) is 19.2 Å². The molecule has 1 N–H and O–H groups in total. The number of carbonyl (C=O) groups excluding carboxylic acids is 3. The normalized spacial score (nSPS) is 18.7. The summed E-state index contributed by atoms with van der Waals surface area (Å²) in [7, 11) is 0. The maximum absolute atomic E-state index is 13.4. The molecular formula is C25H33N3O4. The number of hydrogen-bond donors (Lipinski definition) is 1. The van der Waals surface area contributed by atoms with Crippen LogP contribution in [0.25, 0.3) is 10.9 Å². The Bertz CT molecular complexity index is 1090. The van der Waals surface area contributed by atoms with Crippen molar-refractivity contribution in [1.82, 2.24) is 14.9 Å². The Kier molecular flexibility index (Phi) is 7.59. The fraction of sp³-hybridized carbons (Fsp3) is 0.560. The van der Waals surface area contributed by atoms with Gasteiger partial charge in [-0.1, -0.05) is 38.7 Å². The smallest absolute Gasteiger partial charge is 0.262 e. The van der Waals surface area contributed by atoms with E-state index < -0.39 is 11.4 Å². The number of hydrogen-bond acceptors (Lipinski definition) is 5. The molecule has 1 aliphatic heterocycles. The van der Waals surface area contributed by atoms with Crippen LogP contribution < -0.4 is 10.9 Å². The summed E-state index contributed by atoms with van der Waals surface area (Å²) in [5.74, 6) is -0.136. The summed E-state index contributed by atoms with van der Waals surface area (Å²) >= 11 is 0. The van der Waals surface area contributed by atoms with Gasteiger partial charge in [0.15, 0.2) is 0 Å². The Morgan fingerprint density at radius 3 is 2.59 bits per heavy atom. The predicted octanol–water partition coefficient (Wildman–Crippen LogP) is 3.72. The second kappa shape index (κ2) is 10.2. The molecule has 2 amide bonds. The van der Waals surface area contributed by atoms with E-state index in [4.69, 9.17) is 0 Å². The van der Waals surface area contributed by atoms with E-state index in [0.717, 1.165) is 18.4 Å². The minimum Gasteiger partial charge on any atom is -0.300 e. The molecule has 0 radical (unpaired) electrons. The molecule has 2 aromatic rings. The molecule has 1 atom stereocenters. The van der Waals surface area contributed by atoms with E-state index in [1.807, 2.05) is 6.07 Å². The van der Waals surface area contributed by atoms with Crippen molar-refractivity contribution >= 4 is 28.5 Å². The van der Waals surface area contributed by atoms with Crippen molar-refractivity contribution in [3.05, 3.63) is 39.9 Å². The van der Waals surface area contributed by atoms with Gasteiger partial charge in [-0.25, -0.2) is 4.98 Å². The Morgan fingerprint density at radius 1 is 1.12 bits per heavy atom. The number of ketones is 1. The van der Waals surface area contributed by atoms with E-state index in [1.165, 1.54) is 23.8 Å². The fourth-order valence-electron chi connectivity index (χ4n) is 4.42. The van der Waals surface area contributed by atoms with E-state index in [1.54, 1.807) is 26.0 Å². The average Bonchev–Trinajstić information content (AvgIpc) is 2.75. The number of aryl methyl sites for hydroxylation is 2. The number of nitrogens with one attached hydrogen (secondary N) is 1. The third kappa shape index (κ3) is 5.14. The molecule has 0 unspecified atom stereocenters. The number of imide groups is 1. The minimum absolute atomic E-state index is 0.173. The van der Waals surface area contributed by atoms with Gasteiger partial charge in [0, 0.05) is 19.3 Å². The molecule has 1 aromatic carbocycles. The largest absolute Gasteiger partial charge is 0.300 e. The Labute approximate surface area is 188 Å². The van der Waals surface area contributed by atoms with Crippen molar-refractivity contribution < 1.29 is 14.4 Å². The van der Waals surface area contributed by atoms with Gasteiger partial charge in [-0.3, -0.25) is 29.1 Å². The molecule has 0 bridgehead atoms. The first kappa shape index (κ1) is 23.8. The zero-order valence-electron chi connectivity index (χ0n) is 19.3. The SMILES string of the molecule is CCCCCCCC(=O)CCc1ccc2nc(C)n([C@]3(C)CCC(=O)NC3=O)c(=O)c2c1. The third-order valence-corrected chi connectivity index (χ3v) is 6.43. The van der Waals surface area contributed by atoms with E-state index in [-0.39, 0.29) is 30.1 Å². The molecule has 7 nitrogen and oxygen atoms in total. The average molecular weight is 440 g/mol. The maximum Gasteiger partial charge on any atom is 0.262 e. The molecule has 1 fully saturated rings. The Morgan fingerprint density at radius 2 is 1.88 bits per heavy atom. The number of fused-ring (bicyclic) bond motifs is 1. The van der Waals surface area contributed by atoms with Crippen LogP contribution in [0.2, 0.25) is 0 Å². The van der Waals surface area contributed by atoms with Crippen molar-refractivity contribution in [3.63, 3.8) is 0 Å². The van der Waals surface area contributed by atoms with Crippen LogP contribution in [0.1, 0.15) is 83.0 Å². The highest BCUT2D eigenvalue weighted by atomic mass is 16.2. The zero-order valence-corrected chi connectivity index (χ0v) is 19.3. The first-order valence-corrected chi connectivity index (χ1v) is 11.6. The van der Waals surface area contributed by atoms with Gasteiger partial charge in [-0.05, 0) is 50.8 Å². The number of unbranched alkanes of at least 4 members (excludes halogenated alkanes) is 4. The number of amides is 2. The van der Waals surface area contributed by atoms with Crippen LogP contribution in [-0.2, 0) is 26.3 Å². The van der Waals surface area contributed by atoms with E-state index >= 15 is 0 Å². The summed E-state index contributed by atoms with van der Waals surface area (Å²) in [6.45, 7) is 5.54. The second-order valence-electron chi connectivity index (χ2n) is 9.01. The van der Waals surface area contributed by atoms with Gasteiger partial charge >= 0.3 is 0 Å². The van der Waals surface area contributed by atoms with Crippen LogP contribution in [-0.4, -0.2) is 27.1 Å². The number of benzene rings is 1. The lowest BCUT2D eigenvalue weighted by molar-refractivity contribution is -0.140. The molecular weight excluding hydrogens is 406 g/mol. The lowest BCUT2D eigenvalue weighted by atomic mass is 9.90. The second-order valence-corrected chi connectivity index (χ2v) is 9.01. The van der Waals surface area contributed by atoms with Gasteiger partial charge in [0.05, 0.1) is 10.9 Å². The molecule has 172 valence electrons. The van der Waals surface area contributed by atoms with Crippen LogP contribution in [0.3, 0.4) is 0 Å². The van der Waals surface area contributed by atoms with Crippen LogP contribution in [0.5, 0.6) is 0 Å². The highest BCUT2D eigenvalue weighted by Gasteiger charge is 2.42. The van der Waals surface area contributed by atoms with Gasteiger partial charge in [-0.2, -0.15) is 0 Å². The summed E-state index contributed by atoms with van der Waals surface area (Å²) < 4.78 is 1.41. The van der Waals surface area contributed by atoms with Gasteiger partial charge in [0.2, 0.25) is 5.91 Å². The molecule has 1 saturated heterocycles. The number of nitrogens with zero attached hydrogens (tertiary/aromatic N) is 2. The number of piperidine rings is 1. The summed E-state index contributed by atoms with van der Waals surface area (Å²) in [6.07, 6.45) is 7.67. The van der Waals surface area contributed by atoms with Crippen molar-refractivity contribution in [2.75, 3.05) is 0 Å². The minimum atomic E-state index is -1.17. The van der Waals surface area contributed by atoms with Crippen molar-refractivity contribution in [3.8, 4) is 0 Å². The number of rotatable bonds is 10. The van der Waals surface area contributed by atoms with Gasteiger partial charge in [0.1, 0.15) is 17.1 Å². The van der Waals surface area contributed by atoms with Gasteiger partial charge < -0.3 is 0 Å². The number of aromatic nitrogens is 2. The molecule has 7 heteroatoms. The highest BCUT2D eigenvalue weighted by molar-refractivity contribution is 6.01. The molecule has 0 spiro atoms. The summed E-state index contributed by atoms with van der Waals surface area (Å²) in [6, 6.07) is 5.48. The summed E-state index contributed by atoms with van der Waals surface area (Å²) in [5, 5.41) is 2.76. The van der Waals surface area contributed by atoms with E-state index in [2.05, 4.69) is 17.2 Å². The predicted molar refractivity (Wildman–Crippen MR) is 123 cm³/mol. The fourth-order valence-corrected chi connectivity index (χ4v) is 4.42. The first-order valence-electron chi connectivity index (χ1n) is 11.6. The summed E-state index contributed by atoms with van der Waals surface area (Å²) in [4.78, 5) is 54.4. The lowest BCUT2D eigenvalue weighted by Gasteiger charge is -2.34.